The molecule has 1 atom stereocenters. The molecule has 2 rings (SSSR count). The Labute approximate surface area is 148 Å². The van der Waals surface area contributed by atoms with Gasteiger partial charge in [-0.05, 0) is 24.7 Å². The highest BCUT2D eigenvalue weighted by atomic mass is 16.3. The Bertz CT molecular complexity index is 657. The molecule has 0 aliphatic carbocycles. The van der Waals surface area contributed by atoms with Crippen LogP contribution in [0, 0.1) is 5.41 Å². The van der Waals surface area contributed by atoms with Crippen LogP contribution in [0.1, 0.15) is 18.5 Å². The van der Waals surface area contributed by atoms with Crippen molar-refractivity contribution in [3.8, 4) is 0 Å². The number of aliphatic hydroxyl groups is 2. The predicted octanol–water partition coefficient (Wildman–Crippen LogP) is 2.29. The number of para-hydroxylation sites is 1. The number of anilines is 1. The maximum absolute atomic E-state index is 12.9. The van der Waals surface area contributed by atoms with Gasteiger partial charge in [0.1, 0.15) is 6.04 Å². The molecule has 0 bridgehead atoms. The van der Waals surface area contributed by atoms with Gasteiger partial charge in [-0.3, -0.25) is 9.69 Å². The molecule has 5 nitrogen and oxygen atoms in total. The molecule has 1 amide bonds. The molecule has 1 unspecified atom stereocenters. The molecule has 3 N–H and O–H groups in total. The normalized spacial score (nSPS) is 12.8. The smallest absolute Gasteiger partial charge is 0.246 e. The first kappa shape index (κ1) is 19.1. The maximum atomic E-state index is 12.9. The Kier molecular flexibility index (Phi) is 6.70. The fourth-order valence-electron chi connectivity index (χ4n) is 2.82. The van der Waals surface area contributed by atoms with Crippen molar-refractivity contribution in [1.29, 1.82) is 0 Å². The van der Waals surface area contributed by atoms with E-state index in [0.29, 0.717) is 6.54 Å². The van der Waals surface area contributed by atoms with Gasteiger partial charge in [-0.25, -0.2) is 0 Å². The zero-order valence-electron chi connectivity index (χ0n) is 14.7. The van der Waals surface area contributed by atoms with Crippen LogP contribution in [0.25, 0.3) is 0 Å². The van der Waals surface area contributed by atoms with E-state index in [1.807, 2.05) is 72.6 Å². The van der Waals surface area contributed by atoms with Crippen LogP contribution in [0.5, 0.6) is 0 Å². The van der Waals surface area contributed by atoms with Gasteiger partial charge in [-0.1, -0.05) is 55.5 Å². The number of aliphatic hydroxyl groups excluding tert-OH is 2. The van der Waals surface area contributed by atoms with Crippen molar-refractivity contribution in [3.05, 3.63) is 66.2 Å². The molecular weight excluding hydrogens is 316 g/mol. The molecule has 0 spiro atoms. The van der Waals surface area contributed by atoms with Crippen LogP contribution in [0.3, 0.4) is 0 Å². The fraction of sp³-hybridized carbons (Fsp3) is 0.350. The number of amides is 1. The SMILES string of the molecule is CN(CC(C)(CO)CO)C(C(=O)Nc1ccccc1)c1ccccc1. The molecule has 0 aliphatic heterocycles. The number of likely N-dealkylation sites (N-methyl/N-ethyl adjacent to an activating group) is 1. The van der Waals surface area contributed by atoms with E-state index < -0.39 is 11.5 Å². The van der Waals surface area contributed by atoms with E-state index in [1.54, 1.807) is 6.92 Å². The Morgan fingerprint density at radius 3 is 2.08 bits per heavy atom. The van der Waals surface area contributed by atoms with Crippen LogP contribution in [0.4, 0.5) is 5.69 Å². The zero-order valence-corrected chi connectivity index (χ0v) is 14.7. The molecule has 0 aromatic heterocycles. The minimum absolute atomic E-state index is 0.155. The molecule has 0 saturated carbocycles. The lowest BCUT2D eigenvalue weighted by atomic mass is 9.91. The number of rotatable bonds is 8. The van der Waals surface area contributed by atoms with Crippen LogP contribution >= 0.6 is 0 Å². The summed E-state index contributed by atoms with van der Waals surface area (Å²) in [6, 6.07) is 18.3. The summed E-state index contributed by atoms with van der Waals surface area (Å²) in [6.45, 7) is 1.85. The predicted molar refractivity (Wildman–Crippen MR) is 99.2 cm³/mol. The average Bonchev–Trinajstić information content (AvgIpc) is 2.63. The van der Waals surface area contributed by atoms with Crippen molar-refractivity contribution in [3.63, 3.8) is 0 Å². The van der Waals surface area contributed by atoms with Gasteiger partial charge in [-0.15, -0.1) is 0 Å². The van der Waals surface area contributed by atoms with Crippen LogP contribution < -0.4 is 5.32 Å². The summed E-state index contributed by atoms with van der Waals surface area (Å²) >= 11 is 0. The third kappa shape index (κ3) is 5.13. The van der Waals surface area contributed by atoms with Gasteiger partial charge in [0.15, 0.2) is 0 Å². The number of nitrogens with one attached hydrogen (secondary N) is 1. The minimum Gasteiger partial charge on any atom is -0.396 e. The summed E-state index contributed by atoms with van der Waals surface area (Å²) < 4.78 is 0. The summed E-state index contributed by atoms with van der Waals surface area (Å²) in [5.41, 5.74) is 0.903. The quantitative estimate of drug-likeness (QED) is 0.688. The first-order valence-electron chi connectivity index (χ1n) is 8.32. The number of carbonyl (C=O) groups excluding carboxylic acids is 1. The summed E-state index contributed by atoms with van der Waals surface area (Å²) in [4.78, 5) is 14.8. The molecular formula is C20H26N2O3. The van der Waals surface area contributed by atoms with Gasteiger partial charge >= 0.3 is 0 Å². The molecule has 2 aromatic rings. The zero-order chi connectivity index (χ0) is 18.3. The van der Waals surface area contributed by atoms with Gasteiger partial charge in [0.25, 0.3) is 0 Å². The van der Waals surface area contributed by atoms with E-state index in [0.717, 1.165) is 11.3 Å². The van der Waals surface area contributed by atoms with E-state index >= 15 is 0 Å². The monoisotopic (exact) mass is 342 g/mol. The molecule has 0 aliphatic rings. The Morgan fingerprint density at radius 2 is 1.56 bits per heavy atom. The summed E-state index contributed by atoms with van der Waals surface area (Å²) in [6.07, 6.45) is 0. The molecule has 0 fully saturated rings. The lowest BCUT2D eigenvalue weighted by Gasteiger charge is -2.35. The van der Waals surface area contributed by atoms with Crippen molar-refractivity contribution in [2.24, 2.45) is 5.41 Å². The highest BCUT2D eigenvalue weighted by Crippen LogP contribution is 2.26. The summed E-state index contributed by atoms with van der Waals surface area (Å²) in [5, 5.41) is 22.1. The van der Waals surface area contributed by atoms with E-state index in [2.05, 4.69) is 5.32 Å². The van der Waals surface area contributed by atoms with Crippen LogP contribution in [-0.2, 0) is 4.79 Å². The average molecular weight is 342 g/mol. The van der Waals surface area contributed by atoms with Crippen molar-refractivity contribution in [2.45, 2.75) is 13.0 Å². The Hall–Kier alpha value is -2.21. The van der Waals surface area contributed by atoms with E-state index in [1.165, 1.54) is 0 Å². The molecule has 0 saturated heterocycles. The van der Waals surface area contributed by atoms with E-state index in [9.17, 15) is 15.0 Å². The van der Waals surface area contributed by atoms with Crippen molar-refractivity contribution in [1.82, 2.24) is 4.90 Å². The lowest BCUT2D eigenvalue weighted by molar-refractivity contribution is -0.122. The fourth-order valence-corrected chi connectivity index (χ4v) is 2.82. The Morgan fingerprint density at radius 1 is 1.04 bits per heavy atom. The largest absolute Gasteiger partial charge is 0.396 e. The van der Waals surface area contributed by atoms with Gasteiger partial charge in [0.05, 0.1) is 13.2 Å². The van der Waals surface area contributed by atoms with Crippen molar-refractivity contribution < 1.29 is 15.0 Å². The Balaban J connectivity index is 2.25. The maximum Gasteiger partial charge on any atom is 0.246 e. The minimum atomic E-state index is -0.686. The van der Waals surface area contributed by atoms with Gasteiger partial charge in [0.2, 0.25) is 5.91 Å². The second-order valence-corrected chi connectivity index (χ2v) is 6.71. The van der Waals surface area contributed by atoms with Gasteiger partial charge < -0.3 is 15.5 Å². The standard InChI is InChI=1S/C20H26N2O3/c1-20(14-23,15-24)13-22(2)18(16-9-5-3-6-10-16)19(25)21-17-11-7-4-8-12-17/h3-12,18,23-24H,13-15H2,1-2H3,(H,21,25). The molecule has 0 heterocycles. The lowest BCUT2D eigenvalue weighted by Crippen LogP contribution is -2.43. The van der Waals surface area contributed by atoms with Crippen LogP contribution in [-0.4, -0.2) is 47.8 Å². The van der Waals surface area contributed by atoms with Crippen molar-refractivity contribution in [2.75, 3.05) is 32.1 Å². The third-order valence-electron chi connectivity index (χ3n) is 4.24. The highest BCUT2D eigenvalue weighted by Gasteiger charge is 2.31. The number of nitrogens with zero attached hydrogens (tertiary/aromatic N) is 1. The summed E-state index contributed by atoms with van der Waals surface area (Å²) in [5.74, 6) is -0.155. The molecule has 0 radical (unpaired) electrons. The molecule has 2 aromatic carbocycles. The number of benzene rings is 2. The highest BCUT2D eigenvalue weighted by molar-refractivity contribution is 5.95. The number of carbonyl (C=O) groups is 1. The van der Waals surface area contributed by atoms with E-state index in [-0.39, 0.29) is 19.1 Å². The van der Waals surface area contributed by atoms with Crippen LogP contribution in [0.15, 0.2) is 60.7 Å². The summed E-state index contributed by atoms with van der Waals surface area (Å²) in [7, 11) is 1.83. The number of hydrogen-bond acceptors (Lipinski definition) is 4. The van der Waals surface area contributed by atoms with E-state index in [4.69, 9.17) is 0 Å². The van der Waals surface area contributed by atoms with Gasteiger partial charge in [-0.2, -0.15) is 0 Å². The number of hydrogen-bond donors (Lipinski definition) is 3. The van der Waals surface area contributed by atoms with Crippen LogP contribution in [0.2, 0.25) is 0 Å². The second kappa shape index (κ2) is 8.76. The molecule has 5 heteroatoms. The molecule has 25 heavy (non-hydrogen) atoms. The first-order chi connectivity index (χ1) is 12.0. The van der Waals surface area contributed by atoms with Gasteiger partial charge in [0, 0.05) is 17.6 Å². The first-order valence-corrected chi connectivity index (χ1v) is 8.32. The van der Waals surface area contributed by atoms with Crippen molar-refractivity contribution >= 4 is 11.6 Å². The third-order valence-corrected chi connectivity index (χ3v) is 4.24. The molecule has 134 valence electrons. The topological polar surface area (TPSA) is 72.8 Å². The second-order valence-electron chi connectivity index (χ2n) is 6.71.